The normalized spacial score (nSPS) is 11.5. The Morgan fingerprint density at radius 3 is 2.56 bits per heavy atom. The molecule has 0 aliphatic carbocycles. The first kappa shape index (κ1) is 17.1. The molecule has 0 saturated carbocycles. The zero-order valence-electron chi connectivity index (χ0n) is 15.2. The molecule has 0 saturated heterocycles. The number of nitrogens with zero attached hydrogens (tertiary/aromatic N) is 4. The molecule has 0 radical (unpaired) electrons. The Hall–Kier alpha value is -3.34. The summed E-state index contributed by atoms with van der Waals surface area (Å²) in [4.78, 5) is 4.80. The second-order valence-electron chi connectivity index (χ2n) is 6.40. The van der Waals surface area contributed by atoms with E-state index in [0.717, 1.165) is 28.9 Å². The van der Waals surface area contributed by atoms with E-state index in [9.17, 15) is 4.39 Å². The molecule has 4 nitrogen and oxygen atoms in total. The van der Waals surface area contributed by atoms with Crippen LogP contribution in [0.25, 0.3) is 16.9 Å². The highest BCUT2D eigenvalue weighted by Crippen LogP contribution is 2.33. The van der Waals surface area contributed by atoms with Crippen molar-refractivity contribution in [2.45, 2.75) is 20.3 Å². The Bertz CT molecular complexity index is 1130. The molecule has 0 fully saturated rings. The van der Waals surface area contributed by atoms with Gasteiger partial charge in [-0.2, -0.15) is 0 Å². The predicted molar refractivity (Wildman–Crippen MR) is 105 cm³/mol. The molecule has 2 aromatic carbocycles. The monoisotopic (exact) mass is 358 g/mol. The molecule has 27 heavy (non-hydrogen) atoms. The Kier molecular flexibility index (Phi) is 4.50. The van der Waals surface area contributed by atoms with Crippen LogP contribution in [0.4, 0.5) is 15.9 Å². The van der Waals surface area contributed by atoms with Crippen LogP contribution in [0.3, 0.4) is 0 Å². The van der Waals surface area contributed by atoms with Crippen LogP contribution in [0.1, 0.15) is 18.1 Å². The first-order chi connectivity index (χ1) is 13.2. The van der Waals surface area contributed by atoms with E-state index in [1.165, 1.54) is 17.7 Å². The van der Waals surface area contributed by atoms with Gasteiger partial charge in [-0.1, -0.05) is 43.3 Å². The first-order valence-electron chi connectivity index (χ1n) is 8.90. The number of halogens is 1. The molecular weight excluding hydrogens is 339 g/mol. The van der Waals surface area contributed by atoms with E-state index in [1.807, 2.05) is 29.7 Å². The van der Waals surface area contributed by atoms with Crippen molar-refractivity contribution in [3.8, 4) is 11.3 Å². The van der Waals surface area contributed by atoms with Crippen LogP contribution in [0.5, 0.6) is 0 Å². The molecule has 0 aliphatic rings. The van der Waals surface area contributed by atoms with E-state index in [4.69, 9.17) is 4.98 Å². The van der Waals surface area contributed by atoms with Crippen molar-refractivity contribution in [2.75, 3.05) is 0 Å². The number of pyridine rings is 1. The van der Waals surface area contributed by atoms with Crippen molar-refractivity contribution in [1.82, 2.24) is 9.38 Å². The molecule has 0 spiro atoms. The Labute approximate surface area is 157 Å². The summed E-state index contributed by atoms with van der Waals surface area (Å²) in [5, 5.41) is 8.66. The zero-order valence-corrected chi connectivity index (χ0v) is 15.2. The summed E-state index contributed by atoms with van der Waals surface area (Å²) >= 11 is 0. The van der Waals surface area contributed by atoms with Gasteiger partial charge in [-0.05, 0) is 42.7 Å². The molecule has 2 aromatic heterocycles. The van der Waals surface area contributed by atoms with Gasteiger partial charge in [0.2, 0.25) is 0 Å². The summed E-state index contributed by atoms with van der Waals surface area (Å²) in [6.45, 7) is 4.14. The Morgan fingerprint density at radius 2 is 1.81 bits per heavy atom. The van der Waals surface area contributed by atoms with Crippen LogP contribution in [0.2, 0.25) is 0 Å². The average molecular weight is 358 g/mol. The van der Waals surface area contributed by atoms with Crippen molar-refractivity contribution in [3.63, 3.8) is 0 Å². The van der Waals surface area contributed by atoms with Gasteiger partial charge in [-0.25, -0.2) is 9.37 Å². The van der Waals surface area contributed by atoms with Gasteiger partial charge in [0.05, 0.1) is 5.69 Å². The molecule has 0 N–H and O–H groups in total. The predicted octanol–water partition coefficient (Wildman–Crippen LogP) is 6.43. The van der Waals surface area contributed by atoms with E-state index < -0.39 is 0 Å². The van der Waals surface area contributed by atoms with Crippen molar-refractivity contribution < 1.29 is 4.39 Å². The number of hydrogen-bond donors (Lipinski definition) is 0. The van der Waals surface area contributed by atoms with Crippen molar-refractivity contribution in [1.29, 1.82) is 0 Å². The summed E-state index contributed by atoms with van der Waals surface area (Å²) in [6, 6.07) is 18.3. The second-order valence-corrected chi connectivity index (χ2v) is 6.40. The lowest BCUT2D eigenvalue weighted by atomic mass is 10.1. The van der Waals surface area contributed by atoms with Gasteiger partial charge >= 0.3 is 0 Å². The first-order valence-corrected chi connectivity index (χ1v) is 8.90. The Morgan fingerprint density at radius 1 is 1.00 bits per heavy atom. The molecule has 0 amide bonds. The lowest BCUT2D eigenvalue weighted by Gasteiger charge is -2.02. The van der Waals surface area contributed by atoms with E-state index in [0.29, 0.717) is 11.5 Å². The molecule has 4 aromatic rings. The van der Waals surface area contributed by atoms with Gasteiger partial charge in [-0.15, -0.1) is 10.2 Å². The fraction of sp³-hybridized carbons (Fsp3) is 0.136. The number of hydrogen-bond acceptors (Lipinski definition) is 3. The minimum absolute atomic E-state index is 0.337. The summed E-state index contributed by atoms with van der Waals surface area (Å²) in [5.41, 5.74) is 5.35. The largest absolute Gasteiger partial charge is 0.282 e. The fourth-order valence-electron chi connectivity index (χ4n) is 3.02. The number of rotatable bonds is 4. The number of imidazole rings is 1. The standard InChI is InChI=1S/C22H19FN4/c1-3-16-9-11-17(12-10-16)20-22(26-25-19-8-4-7-18(23)14-19)27-13-5-6-15(2)21(27)24-20/h4-14H,3H2,1-2H3. The topological polar surface area (TPSA) is 42.0 Å². The SMILES string of the molecule is CCc1ccc(-c2nc3c(C)cccn3c2N=Nc2cccc(F)c2)cc1. The van der Waals surface area contributed by atoms with Gasteiger partial charge in [0.25, 0.3) is 0 Å². The third-order valence-electron chi connectivity index (χ3n) is 4.52. The van der Waals surface area contributed by atoms with Gasteiger partial charge in [0, 0.05) is 17.8 Å². The summed E-state index contributed by atoms with van der Waals surface area (Å²) < 4.78 is 15.4. The summed E-state index contributed by atoms with van der Waals surface area (Å²) in [6.07, 6.45) is 2.90. The highest BCUT2D eigenvalue weighted by Gasteiger charge is 2.15. The Balaban J connectivity index is 1.87. The third-order valence-corrected chi connectivity index (χ3v) is 4.52. The lowest BCUT2D eigenvalue weighted by Crippen LogP contribution is -1.85. The molecule has 0 atom stereocenters. The molecular formula is C22H19FN4. The lowest BCUT2D eigenvalue weighted by molar-refractivity contribution is 0.628. The maximum Gasteiger partial charge on any atom is 0.187 e. The molecule has 0 bridgehead atoms. The van der Waals surface area contributed by atoms with Crippen LogP contribution in [-0.2, 0) is 6.42 Å². The molecule has 0 unspecified atom stereocenters. The van der Waals surface area contributed by atoms with E-state index in [-0.39, 0.29) is 5.82 Å². The van der Waals surface area contributed by atoms with E-state index >= 15 is 0 Å². The fourth-order valence-corrected chi connectivity index (χ4v) is 3.02. The van der Waals surface area contributed by atoms with Gasteiger partial charge < -0.3 is 0 Å². The highest BCUT2D eigenvalue weighted by atomic mass is 19.1. The highest BCUT2D eigenvalue weighted by molar-refractivity contribution is 5.75. The average Bonchev–Trinajstić information content (AvgIpc) is 3.06. The number of aromatic nitrogens is 2. The maximum absolute atomic E-state index is 13.4. The quantitative estimate of drug-likeness (QED) is 0.388. The van der Waals surface area contributed by atoms with Crippen LogP contribution >= 0.6 is 0 Å². The van der Waals surface area contributed by atoms with E-state index in [2.05, 4.69) is 41.4 Å². The second kappa shape index (κ2) is 7.11. The smallest absolute Gasteiger partial charge is 0.187 e. The van der Waals surface area contributed by atoms with Crippen LogP contribution in [0, 0.1) is 12.7 Å². The van der Waals surface area contributed by atoms with Crippen molar-refractivity contribution in [3.05, 3.63) is 83.8 Å². The van der Waals surface area contributed by atoms with Gasteiger partial charge in [0.1, 0.15) is 17.2 Å². The zero-order chi connectivity index (χ0) is 18.8. The van der Waals surface area contributed by atoms with Crippen molar-refractivity contribution in [2.24, 2.45) is 10.2 Å². The molecule has 0 aliphatic heterocycles. The minimum Gasteiger partial charge on any atom is -0.282 e. The summed E-state index contributed by atoms with van der Waals surface area (Å²) in [7, 11) is 0. The maximum atomic E-state index is 13.4. The van der Waals surface area contributed by atoms with Gasteiger partial charge in [-0.3, -0.25) is 4.40 Å². The molecule has 134 valence electrons. The van der Waals surface area contributed by atoms with E-state index in [1.54, 1.807) is 12.1 Å². The number of benzene rings is 2. The summed E-state index contributed by atoms with van der Waals surface area (Å²) in [5.74, 6) is 0.290. The van der Waals surface area contributed by atoms with Crippen LogP contribution < -0.4 is 0 Å². The van der Waals surface area contributed by atoms with Crippen molar-refractivity contribution >= 4 is 17.2 Å². The minimum atomic E-state index is -0.337. The van der Waals surface area contributed by atoms with Crippen LogP contribution in [0.15, 0.2) is 77.1 Å². The molecule has 2 heterocycles. The number of azo groups is 1. The number of fused-ring (bicyclic) bond motifs is 1. The third kappa shape index (κ3) is 3.36. The molecule has 4 rings (SSSR count). The van der Waals surface area contributed by atoms with Crippen LogP contribution in [-0.4, -0.2) is 9.38 Å². The molecule has 5 heteroatoms. The van der Waals surface area contributed by atoms with Gasteiger partial charge in [0.15, 0.2) is 5.82 Å². The number of aryl methyl sites for hydroxylation is 2.